The van der Waals surface area contributed by atoms with E-state index in [9.17, 15) is 14.0 Å². The molecule has 0 unspecified atom stereocenters. The van der Waals surface area contributed by atoms with Gasteiger partial charge in [-0.3, -0.25) is 9.59 Å². The van der Waals surface area contributed by atoms with E-state index in [1.165, 1.54) is 36.1 Å². The van der Waals surface area contributed by atoms with Crippen molar-refractivity contribution in [1.29, 1.82) is 0 Å². The van der Waals surface area contributed by atoms with E-state index in [2.05, 4.69) is 0 Å². The Labute approximate surface area is 99.2 Å². The number of anilines is 1. The fourth-order valence-electron chi connectivity index (χ4n) is 1.94. The lowest BCUT2D eigenvalue weighted by molar-refractivity contribution is -0.132. The molecule has 0 spiro atoms. The van der Waals surface area contributed by atoms with Gasteiger partial charge < -0.3 is 4.90 Å². The molecule has 0 heterocycles. The van der Waals surface area contributed by atoms with E-state index in [1.54, 1.807) is 7.05 Å². The van der Waals surface area contributed by atoms with E-state index in [4.69, 9.17) is 0 Å². The summed E-state index contributed by atoms with van der Waals surface area (Å²) < 4.78 is 12.8. The van der Waals surface area contributed by atoms with Crippen LogP contribution in [0.15, 0.2) is 24.3 Å². The van der Waals surface area contributed by atoms with E-state index in [-0.39, 0.29) is 17.5 Å². The number of halogens is 1. The molecule has 0 atom stereocenters. The van der Waals surface area contributed by atoms with Crippen molar-refractivity contribution >= 4 is 17.4 Å². The van der Waals surface area contributed by atoms with Crippen molar-refractivity contribution in [1.82, 2.24) is 0 Å². The summed E-state index contributed by atoms with van der Waals surface area (Å²) in [6.45, 7) is 1.45. The quantitative estimate of drug-likeness (QED) is 0.753. The summed E-state index contributed by atoms with van der Waals surface area (Å²) in [7, 11) is 1.61. The molecule has 3 nitrogen and oxygen atoms in total. The molecule has 1 aromatic carbocycles. The number of nitrogens with zero attached hydrogens (tertiary/aromatic N) is 1. The zero-order valence-corrected chi connectivity index (χ0v) is 9.87. The molecule has 0 aromatic heterocycles. The Kier molecular flexibility index (Phi) is 2.73. The summed E-state index contributed by atoms with van der Waals surface area (Å²) >= 11 is 0. The zero-order chi connectivity index (χ0) is 12.6. The molecule has 0 N–H and O–H groups in total. The molecule has 0 bridgehead atoms. The number of amides is 1. The van der Waals surface area contributed by atoms with Gasteiger partial charge in [-0.25, -0.2) is 4.39 Å². The molecule has 4 heteroatoms. The Morgan fingerprint density at radius 3 is 2.18 bits per heavy atom. The van der Waals surface area contributed by atoms with Gasteiger partial charge in [0.2, 0.25) is 5.91 Å². The van der Waals surface area contributed by atoms with Crippen LogP contribution in [0.25, 0.3) is 0 Å². The molecule has 2 rings (SSSR count). The average Bonchev–Trinajstić information content (AvgIpc) is 3.09. The maximum atomic E-state index is 12.8. The van der Waals surface area contributed by atoms with Crippen molar-refractivity contribution in [3.63, 3.8) is 0 Å². The van der Waals surface area contributed by atoms with Gasteiger partial charge in [0.1, 0.15) is 17.0 Å². The molecule has 1 amide bonds. The van der Waals surface area contributed by atoms with E-state index >= 15 is 0 Å². The van der Waals surface area contributed by atoms with Crippen molar-refractivity contribution in [2.24, 2.45) is 5.41 Å². The second kappa shape index (κ2) is 3.95. The Morgan fingerprint density at radius 1 is 1.24 bits per heavy atom. The Bertz CT molecular complexity index is 463. The molecule has 0 radical (unpaired) electrons. The van der Waals surface area contributed by atoms with Crippen molar-refractivity contribution in [2.45, 2.75) is 19.8 Å². The lowest BCUT2D eigenvalue weighted by Crippen LogP contribution is -2.37. The molecule has 17 heavy (non-hydrogen) atoms. The Hall–Kier alpha value is -1.71. The van der Waals surface area contributed by atoms with Gasteiger partial charge in [-0.05, 0) is 44.0 Å². The first-order chi connectivity index (χ1) is 7.97. The lowest BCUT2D eigenvalue weighted by Gasteiger charge is -2.21. The van der Waals surface area contributed by atoms with Crippen LogP contribution >= 0.6 is 0 Å². The van der Waals surface area contributed by atoms with Crippen LogP contribution < -0.4 is 4.90 Å². The third-order valence-electron chi connectivity index (χ3n) is 3.35. The summed E-state index contributed by atoms with van der Waals surface area (Å²) in [6.07, 6.45) is 1.24. The SMILES string of the molecule is CC(=O)C1(C(=O)N(C)c2ccc(F)cc2)CC1. The number of hydrogen-bond donors (Lipinski definition) is 0. The summed E-state index contributed by atoms with van der Waals surface area (Å²) in [5.74, 6) is -0.629. The highest BCUT2D eigenvalue weighted by atomic mass is 19.1. The van der Waals surface area contributed by atoms with Gasteiger partial charge in [0.25, 0.3) is 0 Å². The van der Waals surface area contributed by atoms with Crippen LogP contribution in [0.3, 0.4) is 0 Å². The first-order valence-electron chi connectivity index (χ1n) is 5.52. The first-order valence-corrected chi connectivity index (χ1v) is 5.52. The summed E-state index contributed by atoms with van der Waals surface area (Å²) in [5.41, 5.74) is -0.215. The molecule has 0 saturated heterocycles. The summed E-state index contributed by atoms with van der Waals surface area (Å²) in [5, 5.41) is 0. The number of carbonyl (C=O) groups is 2. The highest BCUT2D eigenvalue weighted by Gasteiger charge is 2.55. The molecule has 0 aliphatic heterocycles. The van der Waals surface area contributed by atoms with Crippen molar-refractivity contribution in [3.05, 3.63) is 30.1 Å². The molecule has 1 aliphatic carbocycles. The van der Waals surface area contributed by atoms with Gasteiger partial charge in [0, 0.05) is 12.7 Å². The van der Waals surface area contributed by atoms with Crippen LogP contribution in [0.5, 0.6) is 0 Å². The van der Waals surface area contributed by atoms with Crippen LogP contribution in [0.1, 0.15) is 19.8 Å². The van der Waals surface area contributed by atoms with Crippen LogP contribution in [0, 0.1) is 11.2 Å². The van der Waals surface area contributed by atoms with Crippen LogP contribution in [-0.4, -0.2) is 18.7 Å². The third kappa shape index (κ3) is 1.95. The molecule has 1 aliphatic rings. The minimum atomic E-state index is -0.816. The van der Waals surface area contributed by atoms with Crippen molar-refractivity contribution < 1.29 is 14.0 Å². The van der Waals surface area contributed by atoms with E-state index in [1.807, 2.05) is 0 Å². The number of ketones is 1. The lowest BCUT2D eigenvalue weighted by atomic mass is 10.0. The normalized spacial score (nSPS) is 16.4. The van der Waals surface area contributed by atoms with Crippen molar-refractivity contribution in [3.8, 4) is 0 Å². The molecule has 1 aromatic rings. The largest absolute Gasteiger partial charge is 0.315 e. The molecular weight excluding hydrogens is 221 g/mol. The third-order valence-corrected chi connectivity index (χ3v) is 3.35. The number of Topliss-reactive ketones (excluding diaryl/α,β-unsaturated/α-hetero) is 1. The Morgan fingerprint density at radius 2 is 1.76 bits per heavy atom. The fourth-order valence-corrected chi connectivity index (χ4v) is 1.94. The van der Waals surface area contributed by atoms with Crippen LogP contribution in [0.2, 0.25) is 0 Å². The topological polar surface area (TPSA) is 37.4 Å². The molecule has 1 saturated carbocycles. The number of benzene rings is 1. The van der Waals surface area contributed by atoms with Crippen molar-refractivity contribution in [2.75, 3.05) is 11.9 Å². The second-order valence-electron chi connectivity index (χ2n) is 4.48. The minimum Gasteiger partial charge on any atom is -0.315 e. The predicted molar refractivity (Wildman–Crippen MR) is 62.2 cm³/mol. The number of carbonyl (C=O) groups excluding carboxylic acids is 2. The fraction of sp³-hybridized carbons (Fsp3) is 0.385. The van der Waals surface area contributed by atoms with Gasteiger partial charge >= 0.3 is 0 Å². The van der Waals surface area contributed by atoms with E-state index in [0.717, 1.165) is 0 Å². The summed E-state index contributed by atoms with van der Waals surface area (Å²) in [6, 6.07) is 5.66. The van der Waals surface area contributed by atoms with E-state index < -0.39 is 5.41 Å². The predicted octanol–water partition coefficient (Wildman–Crippen LogP) is 2.16. The highest BCUT2D eigenvalue weighted by molar-refractivity contribution is 6.13. The van der Waals surface area contributed by atoms with Crippen LogP contribution in [0.4, 0.5) is 10.1 Å². The zero-order valence-electron chi connectivity index (χ0n) is 9.87. The van der Waals surface area contributed by atoms with Gasteiger partial charge in [-0.15, -0.1) is 0 Å². The average molecular weight is 235 g/mol. The molecular formula is C13H14FNO2. The monoisotopic (exact) mass is 235 g/mol. The van der Waals surface area contributed by atoms with Gasteiger partial charge in [-0.2, -0.15) is 0 Å². The van der Waals surface area contributed by atoms with E-state index in [0.29, 0.717) is 18.5 Å². The smallest absolute Gasteiger partial charge is 0.240 e. The Balaban J connectivity index is 2.21. The first kappa shape index (κ1) is 11.8. The maximum absolute atomic E-state index is 12.8. The van der Waals surface area contributed by atoms with Gasteiger partial charge in [-0.1, -0.05) is 0 Å². The number of hydrogen-bond acceptors (Lipinski definition) is 2. The standard InChI is InChI=1S/C13H14FNO2/c1-9(16)13(7-8-13)12(17)15(2)11-5-3-10(14)4-6-11/h3-6H,7-8H2,1-2H3. The second-order valence-corrected chi connectivity index (χ2v) is 4.48. The van der Waals surface area contributed by atoms with Gasteiger partial charge in [0.05, 0.1) is 0 Å². The minimum absolute atomic E-state index is 0.0866. The maximum Gasteiger partial charge on any atom is 0.240 e. The molecule has 1 fully saturated rings. The molecule has 90 valence electrons. The number of rotatable bonds is 3. The highest BCUT2D eigenvalue weighted by Crippen LogP contribution is 2.48. The van der Waals surface area contributed by atoms with Gasteiger partial charge in [0.15, 0.2) is 0 Å². The van der Waals surface area contributed by atoms with Crippen LogP contribution in [-0.2, 0) is 9.59 Å². The summed E-state index contributed by atoms with van der Waals surface area (Å²) in [4.78, 5) is 25.0.